The van der Waals surface area contributed by atoms with E-state index in [1.54, 1.807) is 17.0 Å². The molecule has 2 heterocycles. The van der Waals surface area contributed by atoms with E-state index in [1.807, 2.05) is 54.6 Å². The number of fused-ring (bicyclic) bond motifs is 1. The summed E-state index contributed by atoms with van der Waals surface area (Å²) in [5.74, 6) is 0.221. The Morgan fingerprint density at radius 1 is 1.03 bits per heavy atom. The highest BCUT2D eigenvalue weighted by atomic mass is 32.2. The summed E-state index contributed by atoms with van der Waals surface area (Å²) in [6.45, 7) is 0.288. The predicted octanol–water partition coefficient (Wildman–Crippen LogP) is 4.06. The van der Waals surface area contributed by atoms with Crippen LogP contribution in [-0.2, 0) is 27.8 Å². The van der Waals surface area contributed by atoms with Gasteiger partial charge in [-0.25, -0.2) is 8.42 Å². The van der Waals surface area contributed by atoms with Gasteiger partial charge in [-0.15, -0.1) is 0 Å². The molecule has 1 aliphatic rings. The van der Waals surface area contributed by atoms with Gasteiger partial charge in [0.25, 0.3) is 0 Å². The zero-order valence-corrected chi connectivity index (χ0v) is 17.9. The van der Waals surface area contributed by atoms with Crippen LogP contribution >= 0.6 is 0 Å². The van der Waals surface area contributed by atoms with E-state index >= 15 is 0 Å². The predicted molar refractivity (Wildman–Crippen MR) is 121 cm³/mol. The fourth-order valence-electron chi connectivity index (χ4n) is 3.66. The molecule has 0 saturated carbocycles. The van der Waals surface area contributed by atoms with Crippen LogP contribution in [0.15, 0.2) is 82.8 Å². The number of benzene rings is 2. The summed E-state index contributed by atoms with van der Waals surface area (Å²) in [5.41, 5.74) is 2.72. The molecular formula is C24H24N2O4S. The molecule has 0 aliphatic carbocycles. The third-order valence-electron chi connectivity index (χ3n) is 5.23. The molecule has 1 aliphatic heterocycles. The Balaban J connectivity index is 1.58. The Labute approximate surface area is 182 Å². The Bertz CT molecular complexity index is 1160. The van der Waals surface area contributed by atoms with Gasteiger partial charge in [0.1, 0.15) is 5.76 Å². The van der Waals surface area contributed by atoms with Gasteiger partial charge < -0.3 is 9.32 Å². The summed E-state index contributed by atoms with van der Waals surface area (Å²) < 4.78 is 32.7. The van der Waals surface area contributed by atoms with Crippen molar-refractivity contribution in [2.24, 2.45) is 0 Å². The summed E-state index contributed by atoms with van der Waals surface area (Å²) in [4.78, 5) is 14.9. The molecule has 0 saturated heterocycles. The highest BCUT2D eigenvalue weighted by Crippen LogP contribution is 2.27. The fraction of sp³-hybridized carbons (Fsp3) is 0.208. The molecule has 0 spiro atoms. The van der Waals surface area contributed by atoms with Gasteiger partial charge in [-0.05, 0) is 48.2 Å². The minimum atomic E-state index is -3.86. The Kier molecular flexibility index (Phi) is 6.34. The van der Waals surface area contributed by atoms with Crippen molar-refractivity contribution in [3.05, 3.63) is 95.3 Å². The van der Waals surface area contributed by atoms with Crippen LogP contribution in [0.25, 0.3) is 6.08 Å². The fourth-order valence-corrected chi connectivity index (χ4v) is 4.75. The first-order chi connectivity index (χ1) is 15.0. The van der Waals surface area contributed by atoms with E-state index in [0.29, 0.717) is 12.3 Å². The monoisotopic (exact) mass is 436 g/mol. The lowest BCUT2D eigenvalue weighted by Gasteiger charge is -2.31. The van der Waals surface area contributed by atoms with Crippen LogP contribution in [0.2, 0.25) is 0 Å². The average Bonchev–Trinajstić information content (AvgIpc) is 3.31. The van der Waals surface area contributed by atoms with Crippen LogP contribution in [0.5, 0.6) is 0 Å². The van der Waals surface area contributed by atoms with E-state index in [0.717, 1.165) is 39.4 Å². The summed E-state index contributed by atoms with van der Waals surface area (Å²) in [5, 5.41) is 1.14. The molecule has 4 rings (SSSR count). The Hall–Kier alpha value is -3.16. The van der Waals surface area contributed by atoms with Crippen LogP contribution in [0.3, 0.4) is 0 Å². The lowest BCUT2D eigenvalue weighted by molar-refractivity contribution is -0.119. The molecule has 2 aromatic carbocycles. The van der Waals surface area contributed by atoms with Gasteiger partial charge in [-0.1, -0.05) is 48.5 Å². The number of hydrogen-bond acceptors (Lipinski definition) is 4. The number of para-hydroxylation sites is 1. The second kappa shape index (κ2) is 9.32. The lowest BCUT2D eigenvalue weighted by Crippen LogP contribution is -2.44. The van der Waals surface area contributed by atoms with Crippen molar-refractivity contribution in [2.45, 2.75) is 19.4 Å². The summed E-state index contributed by atoms with van der Waals surface area (Å²) in [7, 11) is -3.86. The second-order valence-electron chi connectivity index (χ2n) is 7.38. The molecule has 0 atom stereocenters. The largest absolute Gasteiger partial charge is 0.468 e. The van der Waals surface area contributed by atoms with Crippen molar-refractivity contribution in [3.63, 3.8) is 0 Å². The van der Waals surface area contributed by atoms with Crippen LogP contribution in [0.1, 0.15) is 23.3 Å². The average molecular weight is 437 g/mol. The number of nitrogens with zero attached hydrogens (tertiary/aromatic N) is 2. The van der Waals surface area contributed by atoms with E-state index < -0.39 is 10.0 Å². The molecule has 6 nitrogen and oxygen atoms in total. The number of hydrogen-bond donors (Lipinski definition) is 0. The molecule has 3 aromatic rings. The maximum atomic E-state index is 13.2. The number of furan rings is 1. The van der Waals surface area contributed by atoms with Crippen LogP contribution < -0.4 is 4.90 Å². The van der Waals surface area contributed by atoms with E-state index in [1.165, 1.54) is 12.3 Å². The van der Waals surface area contributed by atoms with Gasteiger partial charge >= 0.3 is 0 Å². The topological polar surface area (TPSA) is 70.8 Å². The molecule has 0 radical (unpaired) electrons. The van der Waals surface area contributed by atoms with Gasteiger partial charge in [0, 0.05) is 17.6 Å². The highest BCUT2D eigenvalue weighted by molar-refractivity contribution is 7.92. The van der Waals surface area contributed by atoms with Crippen molar-refractivity contribution in [3.8, 4) is 0 Å². The minimum Gasteiger partial charge on any atom is -0.468 e. The number of amides is 1. The van der Waals surface area contributed by atoms with Gasteiger partial charge in [0.05, 0.1) is 19.4 Å². The molecule has 0 unspecified atom stereocenters. The molecule has 0 fully saturated rings. The molecular weight excluding hydrogens is 412 g/mol. The van der Waals surface area contributed by atoms with E-state index in [-0.39, 0.29) is 19.0 Å². The summed E-state index contributed by atoms with van der Waals surface area (Å²) >= 11 is 0. The van der Waals surface area contributed by atoms with E-state index in [9.17, 15) is 13.2 Å². The standard InChI is InChI=1S/C24H24N2O4S/c27-24(26-15-6-11-21-10-4-5-13-23(21)26)19-25(18-22-12-7-16-30-22)31(28,29)17-14-20-8-2-1-3-9-20/h1-5,7-10,12-14,16-17H,6,11,15,18-19H2. The highest BCUT2D eigenvalue weighted by Gasteiger charge is 2.28. The lowest BCUT2D eigenvalue weighted by atomic mass is 10.0. The van der Waals surface area contributed by atoms with Crippen LogP contribution in [0, 0.1) is 0 Å². The number of rotatable bonds is 7. The van der Waals surface area contributed by atoms with Gasteiger partial charge in [0.15, 0.2) is 0 Å². The summed E-state index contributed by atoms with van der Waals surface area (Å²) in [6, 6.07) is 20.3. The number of anilines is 1. The zero-order chi connectivity index (χ0) is 21.7. The SMILES string of the molecule is O=C(CN(Cc1ccco1)S(=O)(=O)C=Cc1ccccc1)N1CCCc2ccccc21. The molecule has 7 heteroatoms. The maximum Gasteiger partial charge on any atom is 0.242 e. The molecule has 0 bridgehead atoms. The number of carbonyl (C=O) groups is 1. The maximum absolute atomic E-state index is 13.2. The van der Waals surface area contributed by atoms with Crippen molar-refractivity contribution in [1.82, 2.24) is 4.31 Å². The van der Waals surface area contributed by atoms with Crippen molar-refractivity contribution >= 4 is 27.7 Å². The quantitative estimate of drug-likeness (QED) is 0.560. The van der Waals surface area contributed by atoms with Crippen molar-refractivity contribution < 1.29 is 17.6 Å². The number of aryl methyl sites for hydroxylation is 1. The first-order valence-corrected chi connectivity index (χ1v) is 11.7. The van der Waals surface area contributed by atoms with Crippen molar-refractivity contribution in [2.75, 3.05) is 18.0 Å². The third kappa shape index (κ3) is 5.13. The zero-order valence-electron chi connectivity index (χ0n) is 17.1. The Morgan fingerprint density at radius 3 is 2.58 bits per heavy atom. The Morgan fingerprint density at radius 2 is 1.81 bits per heavy atom. The first kappa shape index (κ1) is 21.1. The van der Waals surface area contributed by atoms with Gasteiger partial charge in [-0.2, -0.15) is 4.31 Å². The second-order valence-corrected chi connectivity index (χ2v) is 9.20. The normalized spacial score (nSPS) is 14.2. The number of carbonyl (C=O) groups excluding carboxylic acids is 1. The molecule has 1 aromatic heterocycles. The van der Waals surface area contributed by atoms with Crippen LogP contribution in [0.4, 0.5) is 5.69 Å². The first-order valence-electron chi connectivity index (χ1n) is 10.2. The van der Waals surface area contributed by atoms with E-state index in [4.69, 9.17) is 4.42 Å². The molecule has 31 heavy (non-hydrogen) atoms. The number of sulfonamides is 1. The van der Waals surface area contributed by atoms with Gasteiger partial charge in [0.2, 0.25) is 15.9 Å². The molecule has 0 N–H and O–H groups in total. The van der Waals surface area contributed by atoms with Gasteiger partial charge in [-0.3, -0.25) is 4.79 Å². The third-order valence-corrected chi connectivity index (χ3v) is 6.69. The summed E-state index contributed by atoms with van der Waals surface area (Å²) in [6.07, 6.45) is 4.78. The molecule has 160 valence electrons. The smallest absolute Gasteiger partial charge is 0.242 e. The van der Waals surface area contributed by atoms with Crippen LogP contribution in [-0.4, -0.2) is 31.7 Å². The van der Waals surface area contributed by atoms with Crippen molar-refractivity contribution in [1.29, 1.82) is 0 Å². The molecule has 1 amide bonds. The van der Waals surface area contributed by atoms with E-state index in [2.05, 4.69) is 0 Å². The minimum absolute atomic E-state index is 0.0182.